The molecule has 0 saturated heterocycles. The summed E-state index contributed by atoms with van der Waals surface area (Å²) >= 11 is 1.28. The SMILES string of the molecule is NC(=O)c1ccccc1NC(=O)C(Sc1cccc(NC(=O)/C(=C\c2c[nH]c3ccccc23)NC(=O)c2ccccc2)c1)c1ccccc1. The van der Waals surface area contributed by atoms with E-state index in [4.69, 9.17) is 5.73 Å². The Morgan fingerprint density at radius 2 is 1.43 bits per heavy atom. The van der Waals surface area contributed by atoms with Gasteiger partial charge in [0.2, 0.25) is 5.91 Å². The summed E-state index contributed by atoms with van der Waals surface area (Å²) in [6.45, 7) is 0. The topological polar surface area (TPSA) is 146 Å². The summed E-state index contributed by atoms with van der Waals surface area (Å²) in [6, 6.07) is 39.2. The largest absolute Gasteiger partial charge is 0.366 e. The van der Waals surface area contributed by atoms with Gasteiger partial charge < -0.3 is 26.7 Å². The van der Waals surface area contributed by atoms with Crippen LogP contribution in [0.3, 0.4) is 0 Å². The molecule has 0 aliphatic carbocycles. The summed E-state index contributed by atoms with van der Waals surface area (Å²) in [5.41, 5.74) is 9.33. The minimum atomic E-state index is -0.712. The second kappa shape index (κ2) is 15.0. The molecule has 242 valence electrons. The Kier molecular flexibility index (Phi) is 9.97. The van der Waals surface area contributed by atoms with Gasteiger partial charge in [0.15, 0.2) is 0 Å². The normalized spacial score (nSPS) is 11.8. The lowest BCUT2D eigenvalue weighted by molar-refractivity contribution is -0.116. The van der Waals surface area contributed by atoms with Crippen molar-refractivity contribution in [1.29, 1.82) is 0 Å². The van der Waals surface area contributed by atoms with Crippen LogP contribution < -0.4 is 21.7 Å². The quantitative estimate of drug-likeness (QED) is 0.0737. The first kappa shape index (κ1) is 32.5. The second-order valence-electron chi connectivity index (χ2n) is 11.0. The number of rotatable bonds is 11. The van der Waals surface area contributed by atoms with Crippen LogP contribution in [0.5, 0.6) is 0 Å². The fourth-order valence-electron chi connectivity index (χ4n) is 5.20. The molecule has 1 aromatic heterocycles. The standard InChI is InChI=1S/C39H31N5O4S/c40-36(45)31-19-8-10-21-33(31)43-39(48)35(25-12-3-1-4-13-25)49-29-17-11-16-28(23-29)42-38(47)34(44-37(46)26-14-5-2-6-15-26)22-27-24-41-32-20-9-7-18-30(27)32/h1-24,35,41H,(H2,40,45)(H,42,47)(H,43,48)(H,44,46)/b34-22+. The monoisotopic (exact) mass is 665 g/mol. The predicted molar refractivity (Wildman–Crippen MR) is 194 cm³/mol. The third-order valence-corrected chi connectivity index (χ3v) is 8.83. The van der Waals surface area contributed by atoms with Crippen LogP contribution in [0.1, 0.15) is 37.1 Å². The summed E-state index contributed by atoms with van der Waals surface area (Å²) < 4.78 is 0. The number of hydrogen-bond acceptors (Lipinski definition) is 5. The smallest absolute Gasteiger partial charge is 0.272 e. The van der Waals surface area contributed by atoms with Gasteiger partial charge in [0, 0.05) is 38.8 Å². The molecular weight excluding hydrogens is 635 g/mol. The lowest BCUT2D eigenvalue weighted by Crippen LogP contribution is -2.30. The highest BCUT2D eigenvalue weighted by atomic mass is 32.2. The van der Waals surface area contributed by atoms with E-state index in [0.717, 1.165) is 22.0 Å². The van der Waals surface area contributed by atoms with E-state index >= 15 is 0 Å². The molecule has 0 radical (unpaired) electrons. The Balaban J connectivity index is 1.26. The Bertz CT molecular complexity index is 2180. The maximum Gasteiger partial charge on any atom is 0.272 e. The maximum atomic E-state index is 13.8. The molecule has 1 atom stereocenters. The van der Waals surface area contributed by atoms with Gasteiger partial charge in [-0.05, 0) is 60.2 Å². The minimum absolute atomic E-state index is 0.0475. The van der Waals surface area contributed by atoms with Gasteiger partial charge in [-0.1, -0.05) is 84.9 Å². The summed E-state index contributed by atoms with van der Waals surface area (Å²) in [5, 5.41) is 8.72. The molecule has 9 nitrogen and oxygen atoms in total. The molecule has 0 spiro atoms. The van der Waals surface area contributed by atoms with Crippen LogP contribution in [0.2, 0.25) is 0 Å². The summed E-state index contributed by atoms with van der Waals surface area (Å²) in [7, 11) is 0. The fourth-order valence-corrected chi connectivity index (χ4v) is 6.28. The van der Waals surface area contributed by atoms with Crippen molar-refractivity contribution < 1.29 is 19.2 Å². The molecule has 0 aliphatic rings. The lowest BCUT2D eigenvalue weighted by atomic mass is 10.1. The second-order valence-corrected chi connectivity index (χ2v) is 12.1. The molecule has 0 fully saturated rings. The van der Waals surface area contributed by atoms with Crippen molar-refractivity contribution in [1.82, 2.24) is 10.3 Å². The number of amides is 4. The van der Waals surface area contributed by atoms with Crippen LogP contribution in [-0.2, 0) is 9.59 Å². The van der Waals surface area contributed by atoms with E-state index in [1.807, 2.05) is 66.7 Å². The zero-order chi connectivity index (χ0) is 34.2. The maximum absolute atomic E-state index is 13.8. The number of aromatic amines is 1. The Hall–Kier alpha value is -6.39. The van der Waals surface area contributed by atoms with Crippen molar-refractivity contribution in [3.63, 3.8) is 0 Å². The molecule has 6 rings (SSSR count). The van der Waals surface area contributed by atoms with Gasteiger partial charge in [-0.3, -0.25) is 19.2 Å². The van der Waals surface area contributed by atoms with Crippen LogP contribution in [0.15, 0.2) is 150 Å². The van der Waals surface area contributed by atoms with Crippen LogP contribution >= 0.6 is 11.8 Å². The molecule has 0 saturated carbocycles. The van der Waals surface area contributed by atoms with Gasteiger partial charge in [-0.2, -0.15) is 0 Å². The van der Waals surface area contributed by atoms with Crippen LogP contribution in [0.4, 0.5) is 11.4 Å². The first-order chi connectivity index (χ1) is 23.9. The number of thioether (sulfide) groups is 1. The van der Waals surface area contributed by atoms with Gasteiger partial charge in [0.05, 0.1) is 11.3 Å². The molecule has 0 aliphatic heterocycles. The number of nitrogens with one attached hydrogen (secondary N) is 4. The Morgan fingerprint density at radius 1 is 0.735 bits per heavy atom. The van der Waals surface area contributed by atoms with Crippen molar-refractivity contribution in [3.05, 3.63) is 168 Å². The summed E-state index contributed by atoms with van der Waals surface area (Å²) in [5.74, 6) is -1.97. The molecule has 0 bridgehead atoms. The first-order valence-electron chi connectivity index (χ1n) is 15.3. The number of para-hydroxylation sites is 2. The van der Waals surface area contributed by atoms with E-state index in [2.05, 4.69) is 20.9 Å². The third kappa shape index (κ3) is 7.95. The number of carbonyl (C=O) groups excluding carboxylic acids is 4. The van der Waals surface area contributed by atoms with Crippen LogP contribution in [0, 0.1) is 0 Å². The molecule has 10 heteroatoms. The number of fused-ring (bicyclic) bond motifs is 1. The molecule has 5 aromatic carbocycles. The highest BCUT2D eigenvalue weighted by molar-refractivity contribution is 8.00. The van der Waals surface area contributed by atoms with Gasteiger partial charge in [-0.25, -0.2) is 0 Å². The van der Waals surface area contributed by atoms with E-state index in [1.165, 1.54) is 11.8 Å². The third-order valence-electron chi connectivity index (χ3n) is 7.59. The molecule has 1 unspecified atom stereocenters. The van der Waals surface area contributed by atoms with Gasteiger partial charge in [-0.15, -0.1) is 11.8 Å². The van der Waals surface area contributed by atoms with Gasteiger partial charge in [0.25, 0.3) is 17.7 Å². The molecule has 4 amide bonds. The van der Waals surface area contributed by atoms with E-state index in [0.29, 0.717) is 21.8 Å². The van der Waals surface area contributed by atoms with Crippen molar-refractivity contribution in [3.8, 4) is 0 Å². The van der Waals surface area contributed by atoms with Gasteiger partial charge in [0.1, 0.15) is 10.9 Å². The van der Waals surface area contributed by atoms with Gasteiger partial charge >= 0.3 is 0 Å². The van der Waals surface area contributed by atoms with E-state index in [9.17, 15) is 19.2 Å². The Morgan fingerprint density at radius 3 is 2.20 bits per heavy atom. The number of carbonyl (C=O) groups is 4. The average molecular weight is 666 g/mol. The number of anilines is 2. The van der Waals surface area contributed by atoms with E-state index < -0.39 is 23.0 Å². The number of hydrogen-bond donors (Lipinski definition) is 5. The van der Waals surface area contributed by atoms with Crippen molar-refractivity contribution in [2.45, 2.75) is 10.1 Å². The number of H-pyrrole nitrogens is 1. The van der Waals surface area contributed by atoms with Crippen molar-refractivity contribution in [2.24, 2.45) is 5.73 Å². The summed E-state index contributed by atoms with van der Waals surface area (Å²) in [4.78, 5) is 56.5. The number of primary amides is 1. The number of nitrogens with two attached hydrogens (primary N) is 1. The molecule has 6 N–H and O–H groups in total. The lowest BCUT2D eigenvalue weighted by Gasteiger charge is -2.18. The highest BCUT2D eigenvalue weighted by Crippen LogP contribution is 2.37. The van der Waals surface area contributed by atoms with E-state index in [1.54, 1.807) is 79.0 Å². The minimum Gasteiger partial charge on any atom is -0.366 e. The predicted octanol–water partition coefficient (Wildman–Crippen LogP) is 7.15. The first-order valence-corrected chi connectivity index (χ1v) is 16.2. The Labute approximate surface area is 286 Å². The molecule has 49 heavy (non-hydrogen) atoms. The van der Waals surface area contributed by atoms with Crippen LogP contribution in [0.25, 0.3) is 17.0 Å². The zero-order valence-corrected chi connectivity index (χ0v) is 26.9. The van der Waals surface area contributed by atoms with Crippen molar-refractivity contribution in [2.75, 3.05) is 10.6 Å². The zero-order valence-electron chi connectivity index (χ0n) is 26.1. The molecular formula is C39H31N5O4S. The van der Waals surface area contributed by atoms with E-state index in [-0.39, 0.29) is 17.2 Å². The number of aromatic nitrogens is 1. The summed E-state index contributed by atoms with van der Waals surface area (Å²) in [6.07, 6.45) is 3.41. The van der Waals surface area contributed by atoms with Crippen molar-refractivity contribution >= 4 is 63.7 Å². The van der Waals surface area contributed by atoms with Crippen LogP contribution in [-0.4, -0.2) is 28.6 Å². The fraction of sp³-hybridized carbons (Fsp3) is 0.0256. The highest BCUT2D eigenvalue weighted by Gasteiger charge is 2.24. The molecule has 1 heterocycles. The number of benzene rings is 5. The molecule has 6 aromatic rings. The average Bonchev–Trinajstić information content (AvgIpc) is 3.54.